The Labute approximate surface area is 106 Å². The number of likely N-dealkylation sites (tertiary alicyclic amines) is 1. The molecule has 0 aliphatic carbocycles. The number of hydrogen-bond acceptors (Lipinski definition) is 3. The van der Waals surface area contributed by atoms with Gasteiger partial charge in [-0.3, -0.25) is 4.79 Å². The highest BCUT2D eigenvalue weighted by molar-refractivity contribution is 7.99. The van der Waals surface area contributed by atoms with E-state index in [1.54, 1.807) is 4.90 Å². The highest BCUT2D eigenvalue weighted by Gasteiger charge is 2.19. The lowest BCUT2D eigenvalue weighted by molar-refractivity contribution is -0.127. The lowest BCUT2D eigenvalue weighted by Crippen LogP contribution is -2.29. The number of carbonyl (C=O) groups excluding carboxylic acids is 1. The Bertz CT molecular complexity index is 464. The van der Waals surface area contributed by atoms with Crippen LogP contribution in [0.15, 0.2) is 11.1 Å². The van der Waals surface area contributed by atoms with E-state index in [0.29, 0.717) is 19.2 Å². The number of thioether (sulfide) groups is 1. The van der Waals surface area contributed by atoms with Gasteiger partial charge in [0.2, 0.25) is 11.9 Å². The maximum absolute atomic E-state index is 13.2. The van der Waals surface area contributed by atoms with Crippen molar-refractivity contribution < 1.29 is 18.0 Å². The summed E-state index contributed by atoms with van der Waals surface area (Å²) in [4.78, 5) is 16.5. The van der Waals surface area contributed by atoms with E-state index in [4.69, 9.17) is 0 Å². The van der Waals surface area contributed by atoms with Crippen molar-refractivity contribution in [2.24, 2.45) is 0 Å². The number of amides is 1. The second-order valence-corrected chi connectivity index (χ2v) is 4.89. The Morgan fingerprint density at radius 2 is 1.94 bits per heavy atom. The molecule has 1 aromatic rings. The fourth-order valence-corrected chi connectivity index (χ4v) is 2.50. The van der Waals surface area contributed by atoms with Crippen LogP contribution in [0.2, 0.25) is 0 Å². The fourth-order valence-electron chi connectivity index (χ4n) is 1.72. The first-order valence-corrected chi connectivity index (χ1v) is 6.48. The van der Waals surface area contributed by atoms with Crippen LogP contribution in [0.4, 0.5) is 13.2 Å². The molecule has 1 aliphatic heterocycles. The minimum atomic E-state index is -1.35. The third kappa shape index (κ3) is 2.95. The zero-order valence-corrected chi connectivity index (χ0v) is 10.3. The second-order valence-electron chi connectivity index (χ2n) is 3.92. The predicted octanol–water partition coefficient (Wildman–Crippen LogP) is 2.21. The second kappa shape index (κ2) is 5.60. The summed E-state index contributed by atoms with van der Waals surface area (Å²) < 4.78 is 38.7. The van der Waals surface area contributed by atoms with Gasteiger partial charge in [0.05, 0.1) is 5.75 Å². The Hall–Kier alpha value is -1.24. The number of halogens is 3. The van der Waals surface area contributed by atoms with Gasteiger partial charge in [0.1, 0.15) is 5.03 Å². The highest BCUT2D eigenvalue weighted by Crippen LogP contribution is 2.22. The molecular formula is C11H11F3N2OS. The lowest BCUT2D eigenvalue weighted by Gasteiger charge is -2.14. The molecule has 1 aliphatic rings. The molecule has 0 radical (unpaired) electrons. The summed E-state index contributed by atoms with van der Waals surface area (Å²) in [5.41, 5.74) is 0. The molecule has 7 heteroatoms. The molecule has 0 N–H and O–H groups in total. The van der Waals surface area contributed by atoms with E-state index in [0.717, 1.165) is 24.6 Å². The van der Waals surface area contributed by atoms with Crippen molar-refractivity contribution in [2.75, 3.05) is 18.8 Å². The molecule has 1 aromatic heterocycles. The summed E-state index contributed by atoms with van der Waals surface area (Å²) >= 11 is 0.781. The van der Waals surface area contributed by atoms with Gasteiger partial charge >= 0.3 is 0 Å². The standard InChI is InChI=1S/C11H11F3N2OS/c12-7-5-8(13)11(15-10(7)14)18-6-9(17)16-3-1-2-4-16/h5H,1-4,6H2. The van der Waals surface area contributed by atoms with Crippen molar-refractivity contribution in [1.82, 2.24) is 9.88 Å². The number of hydrogen-bond donors (Lipinski definition) is 0. The lowest BCUT2D eigenvalue weighted by atomic mass is 10.4. The van der Waals surface area contributed by atoms with Gasteiger partial charge in [-0.25, -0.2) is 13.8 Å². The molecule has 0 unspecified atom stereocenters. The van der Waals surface area contributed by atoms with Crippen LogP contribution in [-0.2, 0) is 4.79 Å². The summed E-state index contributed by atoms with van der Waals surface area (Å²) in [6.45, 7) is 1.40. The van der Waals surface area contributed by atoms with Crippen LogP contribution >= 0.6 is 11.8 Å². The van der Waals surface area contributed by atoms with E-state index < -0.39 is 17.6 Å². The number of carbonyl (C=O) groups is 1. The van der Waals surface area contributed by atoms with Crippen molar-refractivity contribution in [3.8, 4) is 0 Å². The molecule has 1 amide bonds. The Kier molecular flexibility index (Phi) is 4.11. The van der Waals surface area contributed by atoms with Crippen molar-refractivity contribution in [2.45, 2.75) is 17.9 Å². The summed E-state index contributed by atoms with van der Waals surface area (Å²) in [6, 6.07) is 0.436. The van der Waals surface area contributed by atoms with Crippen molar-refractivity contribution in [3.05, 3.63) is 23.6 Å². The molecule has 1 saturated heterocycles. The number of aromatic nitrogens is 1. The molecule has 98 valence electrons. The van der Waals surface area contributed by atoms with Crippen LogP contribution in [0.3, 0.4) is 0 Å². The zero-order valence-electron chi connectivity index (χ0n) is 9.46. The van der Waals surface area contributed by atoms with Crippen molar-refractivity contribution in [1.29, 1.82) is 0 Å². The first kappa shape index (κ1) is 13.2. The Morgan fingerprint density at radius 3 is 2.61 bits per heavy atom. The van der Waals surface area contributed by atoms with Crippen molar-refractivity contribution >= 4 is 17.7 Å². The summed E-state index contributed by atoms with van der Waals surface area (Å²) in [6.07, 6.45) is 1.93. The maximum atomic E-state index is 13.2. The molecule has 2 heterocycles. The monoisotopic (exact) mass is 276 g/mol. The number of pyridine rings is 1. The topological polar surface area (TPSA) is 33.2 Å². The molecule has 0 atom stereocenters. The number of nitrogens with zero attached hydrogens (tertiary/aromatic N) is 2. The SMILES string of the molecule is O=C(CSc1nc(F)c(F)cc1F)N1CCCC1. The van der Waals surface area contributed by atoms with Crippen LogP contribution in [0.1, 0.15) is 12.8 Å². The molecular weight excluding hydrogens is 265 g/mol. The van der Waals surface area contributed by atoms with Crippen LogP contribution < -0.4 is 0 Å². The van der Waals surface area contributed by atoms with Gasteiger partial charge in [-0.2, -0.15) is 4.39 Å². The van der Waals surface area contributed by atoms with Gasteiger partial charge in [-0.15, -0.1) is 0 Å². The molecule has 18 heavy (non-hydrogen) atoms. The van der Waals surface area contributed by atoms with Gasteiger partial charge < -0.3 is 4.90 Å². The van der Waals surface area contributed by atoms with Crippen LogP contribution in [-0.4, -0.2) is 34.6 Å². The minimum absolute atomic E-state index is 0.0189. The van der Waals surface area contributed by atoms with E-state index in [9.17, 15) is 18.0 Å². The third-order valence-electron chi connectivity index (χ3n) is 2.65. The third-order valence-corrected chi connectivity index (χ3v) is 3.60. The highest BCUT2D eigenvalue weighted by atomic mass is 32.2. The quantitative estimate of drug-likeness (QED) is 0.627. The minimum Gasteiger partial charge on any atom is -0.342 e. The average molecular weight is 276 g/mol. The molecule has 1 fully saturated rings. The molecule has 3 nitrogen and oxygen atoms in total. The van der Waals surface area contributed by atoms with Gasteiger partial charge in [0.25, 0.3) is 0 Å². The molecule has 2 rings (SSSR count). The smallest absolute Gasteiger partial charge is 0.250 e. The van der Waals surface area contributed by atoms with Gasteiger partial charge in [0.15, 0.2) is 11.6 Å². The first-order valence-electron chi connectivity index (χ1n) is 5.50. The Morgan fingerprint density at radius 1 is 1.28 bits per heavy atom. The number of rotatable bonds is 3. The van der Waals surface area contributed by atoms with E-state index in [1.165, 1.54) is 0 Å². The summed E-state index contributed by atoms with van der Waals surface area (Å²) in [5.74, 6) is -3.79. The van der Waals surface area contributed by atoms with Crippen LogP contribution in [0, 0.1) is 17.6 Å². The van der Waals surface area contributed by atoms with Crippen LogP contribution in [0.25, 0.3) is 0 Å². The van der Waals surface area contributed by atoms with E-state index in [-0.39, 0.29) is 16.7 Å². The molecule has 0 spiro atoms. The molecule has 0 aromatic carbocycles. The summed E-state index contributed by atoms with van der Waals surface area (Å²) in [7, 11) is 0. The Balaban J connectivity index is 1.97. The van der Waals surface area contributed by atoms with Gasteiger partial charge in [0, 0.05) is 19.2 Å². The molecule has 0 saturated carbocycles. The fraction of sp³-hybridized carbons (Fsp3) is 0.455. The van der Waals surface area contributed by atoms with E-state index in [2.05, 4.69) is 4.98 Å². The van der Waals surface area contributed by atoms with Gasteiger partial charge in [-0.05, 0) is 12.8 Å². The van der Waals surface area contributed by atoms with E-state index in [1.807, 2.05) is 0 Å². The van der Waals surface area contributed by atoms with Crippen molar-refractivity contribution in [3.63, 3.8) is 0 Å². The predicted molar refractivity (Wildman–Crippen MR) is 60.6 cm³/mol. The van der Waals surface area contributed by atoms with Gasteiger partial charge in [-0.1, -0.05) is 11.8 Å². The normalized spacial score (nSPS) is 15.2. The maximum Gasteiger partial charge on any atom is 0.250 e. The molecule has 0 bridgehead atoms. The summed E-state index contributed by atoms with van der Waals surface area (Å²) in [5, 5.41) is -0.290. The first-order chi connectivity index (χ1) is 8.58. The zero-order chi connectivity index (χ0) is 13.1. The average Bonchev–Trinajstić information content (AvgIpc) is 2.85. The van der Waals surface area contributed by atoms with Crippen LogP contribution in [0.5, 0.6) is 0 Å². The van der Waals surface area contributed by atoms with E-state index >= 15 is 0 Å². The largest absolute Gasteiger partial charge is 0.342 e.